The summed E-state index contributed by atoms with van der Waals surface area (Å²) < 4.78 is 17.8. The summed E-state index contributed by atoms with van der Waals surface area (Å²) in [5.74, 6) is 2.16. The van der Waals surface area contributed by atoms with Crippen molar-refractivity contribution in [3.8, 4) is 23.1 Å². The maximum Gasteiger partial charge on any atom is 0.237 e. The zero-order valence-electron chi connectivity index (χ0n) is 16.4. The summed E-state index contributed by atoms with van der Waals surface area (Å²) >= 11 is 1.31. The lowest BCUT2D eigenvalue weighted by Crippen LogP contribution is -2.23. The number of benzene rings is 1. The number of methoxy groups -OCH3 is 2. The Bertz CT molecular complexity index is 985. The Hall–Kier alpha value is -3.20. The molecular formula is C20H22N4O4S. The minimum atomic E-state index is -0.416. The Morgan fingerprint density at radius 2 is 2.10 bits per heavy atom. The lowest BCUT2D eigenvalue weighted by Gasteiger charge is -2.14. The molecule has 1 aromatic carbocycles. The Kier molecular flexibility index (Phi) is 6.61. The molecule has 152 valence electrons. The maximum atomic E-state index is 12.7. The number of aromatic nitrogens is 3. The van der Waals surface area contributed by atoms with Gasteiger partial charge in [-0.15, -0.1) is 16.8 Å². The van der Waals surface area contributed by atoms with Crippen molar-refractivity contribution in [2.75, 3.05) is 19.5 Å². The van der Waals surface area contributed by atoms with Gasteiger partial charge in [0.15, 0.2) is 22.4 Å². The van der Waals surface area contributed by atoms with Crippen molar-refractivity contribution < 1.29 is 18.7 Å². The van der Waals surface area contributed by atoms with Gasteiger partial charge in [-0.1, -0.05) is 17.8 Å². The number of thioether (sulfide) groups is 1. The topological polar surface area (TPSA) is 91.4 Å². The molecule has 0 spiro atoms. The molecule has 8 nitrogen and oxygen atoms in total. The Morgan fingerprint density at radius 3 is 2.76 bits per heavy atom. The van der Waals surface area contributed by atoms with Gasteiger partial charge in [0.2, 0.25) is 11.7 Å². The second-order valence-electron chi connectivity index (χ2n) is 6.00. The van der Waals surface area contributed by atoms with Gasteiger partial charge in [-0.25, -0.2) is 0 Å². The molecule has 3 aromatic rings. The molecule has 9 heteroatoms. The van der Waals surface area contributed by atoms with Gasteiger partial charge in [0.25, 0.3) is 0 Å². The van der Waals surface area contributed by atoms with E-state index in [4.69, 9.17) is 13.9 Å². The molecule has 29 heavy (non-hydrogen) atoms. The molecule has 1 unspecified atom stereocenters. The first-order valence-corrected chi connectivity index (χ1v) is 9.72. The fraction of sp³-hybridized carbons (Fsp3) is 0.250. The summed E-state index contributed by atoms with van der Waals surface area (Å²) in [6.45, 7) is 6.08. The quantitative estimate of drug-likeness (QED) is 0.420. The van der Waals surface area contributed by atoms with Crippen LogP contribution < -0.4 is 14.8 Å². The van der Waals surface area contributed by atoms with Gasteiger partial charge in [0, 0.05) is 18.3 Å². The molecule has 0 fully saturated rings. The monoisotopic (exact) mass is 414 g/mol. The number of amides is 1. The standard InChI is InChI=1S/C20H22N4O4S/c1-5-10-24-18(16-7-6-11-28-16)22-23-20(24)29-13(2)19(25)21-14-8-9-15(26-3)17(12-14)27-4/h5-9,11-13H,1,10H2,2-4H3,(H,21,25). The highest BCUT2D eigenvalue weighted by atomic mass is 32.2. The van der Waals surface area contributed by atoms with Gasteiger partial charge in [0.1, 0.15) is 0 Å². The summed E-state index contributed by atoms with van der Waals surface area (Å²) in [6.07, 6.45) is 3.32. The summed E-state index contributed by atoms with van der Waals surface area (Å²) in [5.41, 5.74) is 0.615. The molecule has 0 aliphatic rings. The number of ether oxygens (including phenoxy) is 2. The van der Waals surface area contributed by atoms with Gasteiger partial charge >= 0.3 is 0 Å². The van der Waals surface area contributed by atoms with Crippen molar-refractivity contribution in [2.45, 2.75) is 23.9 Å². The van der Waals surface area contributed by atoms with Crippen molar-refractivity contribution in [3.05, 3.63) is 49.2 Å². The number of hydrogen-bond acceptors (Lipinski definition) is 7. The predicted molar refractivity (Wildman–Crippen MR) is 111 cm³/mol. The first kappa shape index (κ1) is 20.5. The Morgan fingerprint density at radius 1 is 1.31 bits per heavy atom. The summed E-state index contributed by atoms with van der Waals surface area (Å²) in [6, 6.07) is 8.80. The average molecular weight is 414 g/mol. The molecule has 0 saturated carbocycles. The average Bonchev–Trinajstić information content (AvgIpc) is 3.38. The summed E-state index contributed by atoms with van der Waals surface area (Å²) in [4.78, 5) is 12.7. The minimum absolute atomic E-state index is 0.171. The van der Waals surface area contributed by atoms with Crippen molar-refractivity contribution in [2.24, 2.45) is 0 Å². The van der Waals surface area contributed by atoms with Crippen LogP contribution in [0.4, 0.5) is 5.69 Å². The van der Waals surface area contributed by atoms with Crippen LogP contribution in [-0.4, -0.2) is 40.1 Å². The fourth-order valence-electron chi connectivity index (χ4n) is 2.63. The normalized spacial score (nSPS) is 11.7. The van der Waals surface area contributed by atoms with Gasteiger partial charge in [-0.2, -0.15) is 0 Å². The van der Waals surface area contributed by atoms with Crippen LogP contribution >= 0.6 is 11.8 Å². The van der Waals surface area contributed by atoms with E-state index in [-0.39, 0.29) is 5.91 Å². The fourth-order valence-corrected chi connectivity index (χ4v) is 3.49. The van der Waals surface area contributed by atoms with Crippen LogP contribution in [0.3, 0.4) is 0 Å². The molecule has 2 heterocycles. The van der Waals surface area contributed by atoms with Crippen molar-refractivity contribution in [1.29, 1.82) is 0 Å². The third-order valence-electron chi connectivity index (χ3n) is 4.07. The minimum Gasteiger partial charge on any atom is -0.493 e. The van der Waals surface area contributed by atoms with Gasteiger partial charge in [-0.05, 0) is 31.2 Å². The highest BCUT2D eigenvalue weighted by molar-refractivity contribution is 8.00. The Balaban J connectivity index is 1.74. The van der Waals surface area contributed by atoms with Gasteiger partial charge < -0.3 is 19.2 Å². The molecule has 0 aliphatic heterocycles. The molecule has 1 atom stereocenters. The SMILES string of the molecule is C=CCn1c(SC(C)C(=O)Nc2ccc(OC)c(OC)c2)nnc1-c1ccco1. The van der Waals surface area contributed by atoms with Crippen molar-refractivity contribution >= 4 is 23.4 Å². The third kappa shape index (κ3) is 4.62. The van der Waals surface area contributed by atoms with E-state index in [1.54, 1.807) is 57.7 Å². The second-order valence-corrected chi connectivity index (χ2v) is 7.31. The number of carbonyl (C=O) groups is 1. The lowest BCUT2D eigenvalue weighted by atomic mass is 10.2. The largest absolute Gasteiger partial charge is 0.493 e. The number of nitrogens with one attached hydrogen (secondary N) is 1. The number of anilines is 1. The lowest BCUT2D eigenvalue weighted by molar-refractivity contribution is -0.115. The number of allylic oxidation sites excluding steroid dienone is 1. The molecule has 2 aromatic heterocycles. The third-order valence-corrected chi connectivity index (χ3v) is 5.15. The maximum absolute atomic E-state index is 12.7. The van der Waals surface area contributed by atoms with E-state index in [2.05, 4.69) is 22.1 Å². The summed E-state index contributed by atoms with van der Waals surface area (Å²) in [5, 5.41) is 11.5. The molecule has 0 radical (unpaired) electrons. The number of carbonyl (C=O) groups excluding carboxylic acids is 1. The van der Waals surface area contributed by atoms with Crippen molar-refractivity contribution in [3.63, 3.8) is 0 Å². The van der Waals surface area contributed by atoms with E-state index >= 15 is 0 Å². The van der Waals surface area contributed by atoms with E-state index in [0.29, 0.717) is 40.5 Å². The number of furan rings is 1. The zero-order valence-corrected chi connectivity index (χ0v) is 17.2. The summed E-state index contributed by atoms with van der Waals surface area (Å²) in [7, 11) is 3.11. The van der Waals surface area contributed by atoms with E-state index < -0.39 is 5.25 Å². The van der Waals surface area contributed by atoms with E-state index in [0.717, 1.165) is 0 Å². The van der Waals surface area contributed by atoms with Crippen LogP contribution in [0.2, 0.25) is 0 Å². The van der Waals surface area contributed by atoms with Crippen LogP contribution in [0.25, 0.3) is 11.6 Å². The highest BCUT2D eigenvalue weighted by Gasteiger charge is 2.21. The zero-order chi connectivity index (χ0) is 20.8. The molecule has 3 rings (SSSR count). The molecule has 0 saturated heterocycles. The predicted octanol–water partition coefficient (Wildman–Crippen LogP) is 3.86. The number of hydrogen-bond donors (Lipinski definition) is 1. The molecule has 1 N–H and O–H groups in total. The van der Waals surface area contributed by atoms with Crippen LogP contribution in [0.5, 0.6) is 11.5 Å². The first-order valence-electron chi connectivity index (χ1n) is 8.85. The first-order chi connectivity index (χ1) is 14.1. The number of rotatable bonds is 9. The van der Waals surface area contributed by atoms with E-state index in [1.165, 1.54) is 11.8 Å². The van der Waals surface area contributed by atoms with Crippen LogP contribution in [0.15, 0.2) is 58.8 Å². The van der Waals surface area contributed by atoms with Gasteiger partial charge in [0.05, 0.1) is 25.7 Å². The van der Waals surface area contributed by atoms with Gasteiger partial charge in [-0.3, -0.25) is 9.36 Å². The van der Waals surface area contributed by atoms with E-state index in [9.17, 15) is 4.79 Å². The highest BCUT2D eigenvalue weighted by Crippen LogP contribution is 2.31. The van der Waals surface area contributed by atoms with Crippen LogP contribution in [0.1, 0.15) is 6.92 Å². The smallest absolute Gasteiger partial charge is 0.237 e. The Labute approximate surface area is 172 Å². The molecule has 0 aliphatic carbocycles. The van der Waals surface area contributed by atoms with Crippen LogP contribution in [-0.2, 0) is 11.3 Å². The van der Waals surface area contributed by atoms with Crippen LogP contribution in [0, 0.1) is 0 Å². The number of nitrogens with zero attached hydrogens (tertiary/aromatic N) is 3. The van der Waals surface area contributed by atoms with E-state index in [1.807, 2.05) is 10.6 Å². The second kappa shape index (κ2) is 9.33. The molecular weight excluding hydrogens is 392 g/mol. The molecule has 0 bridgehead atoms. The molecule has 1 amide bonds. The van der Waals surface area contributed by atoms with Crippen molar-refractivity contribution in [1.82, 2.24) is 14.8 Å².